The topological polar surface area (TPSA) is 0 Å². The molecule has 0 nitrogen and oxygen atoms in total. The lowest BCUT2D eigenvalue weighted by atomic mass is 9.70. The van der Waals surface area contributed by atoms with Crippen molar-refractivity contribution >= 4 is 0 Å². The van der Waals surface area contributed by atoms with Crippen molar-refractivity contribution in [3.63, 3.8) is 0 Å². The Balaban J connectivity index is 0.866. The molecular weight excluding hydrogens is 1020 g/mol. The molecule has 0 aromatic heterocycles. The Morgan fingerprint density at radius 1 is 0.129 bits per heavy atom. The molecule has 14 aromatic carbocycles. The SMILES string of the molecule is c1ccc(-c2cc(-c3ccccc3)cc(-c3cccc(-c4cccc(-c5cc(-c6cccc(-c7cc(-c8ccccc8)cc(-c8ccccc8)c7)c6)cc(-c6cccc7c6-c6ccccc6C76c7ccccc7-c7ccccc76)c5)c4)c3)c2)cc1. The Kier molecular flexibility index (Phi) is 12.2. The van der Waals surface area contributed by atoms with Gasteiger partial charge >= 0.3 is 0 Å². The molecule has 16 rings (SSSR count). The first-order chi connectivity index (χ1) is 42.1. The third-order valence-corrected chi connectivity index (χ3v) is 17.8. The van der Waals surface area contributed by atoms with E-state index < -0.39 is 5.41 Å². The van der Waals surface area contributed by atoms with Gasteiger partial charge in [-0.3, -0.25) is 0 Å². The zero-order valence-corrected chi connectivity index (χ0v) is 46.8. The van der Waals surface area contributed by atoms with Gasteiger partial charge in [0.25, 0.3) is 0 Å². The van der Waals surface area contributed by atoms with Crippen LogP contribution in [0, 0.1) is 0 Å². The molecule has 396 valence electrons. The van der Waals surface area contributed by atoms with Crippen LogP contribution in [-0.4, -0.2) is 0 Å². The molecule has 0 atom stereocenters. The minimum Gasteiger partial charge on any atom is -0.0622 e. The van der Waals surface area contributed by atoms with Gasteiger partial charge in [0.15, 0.2) is 0 Å². The van der Waals surface area contributed by atoms with E-state index in [9.17, 15) is 0 Å². The fourth-order valence-corrected chi connectivity index (χ4v) is 13.9. The summed E-state index contributed by atoms with van der Waals surface area (Å²) >= 11 is 0. The third kappa shape index (κ3) is 8.69. The molecule has 85 heavy (non-hydrogen) atoms. The predicted molar refractivity (Wildman–Crippen MR) is 357 cm³/mol. The molecule has 0 heteroatoms. The van der Waals surface area contributed by atoms with E-state index in [2.05, 4.69) is 340 Å². The van der Waals surface area contributed by atoms with Crippen LogP contribution in [0.15, 0.2) is 340 Å². The Bertz CT molecular complexity index is 4700. The minimum absolute atomic E-state index is 0.453. The first-order valence-electron chi connectivity index (χ1n) is 29.5. The highest BCUT2D eigenvalue weighted by molar-refractivity contribution is 6.01. The minimum atomic E-state index is -0.453. The highest BCUT2D eigenvalue weighted by Crippen LogP contribution is 2.64. The molecule has 2 aliphatic rings. The maximum absolute atomic E-state index is 2.44. The van der Waals surface area contributed by atoms with Crippen molar-refractivity contribution in [1.82, 2.24) is 0 Å². The van der Waals surface area contributed by atoms with Gasteiger partial charge in [-0.15, -0.1) is 0 Å². The summed E-state index contributed by atoms with van der Waals surface area (Å²) in [7, 11) is 0. The average molecular weight is 1080 g/mol. The van der Waals surface area contributed by atoms with Crippen LogP contribution in [0.3, 0.4) is 0 Å². The van der Waals surface area contributed by atoms with E-state index in [1.807, 2.05) is 0 Å². The highest BCUT2D eigenvalue weighted by Gasteiger charge is 2.52. The van der Waals surface area contributed by atoms with Crippen LogP contribution >= 0.6 is 0 Å². The van der Waals surface area contributed by atoms with Crippen molar-refractivity contribution in [3.05, 3.63) is 362 Å². The van der Waals surface area contributed by atoms with E-state index in [0.29, 0.717) is 0 Å². The van der Waals surface area contributed by atoms with E-state index in [0.717, 1.165) is 22.3 Å². The monoisotopic (exact) mass is 1080 g/mol. The summed E-state index contributed by atoms with van der Waals surface area (Å²) < 4.78 is 0. The second kappa shape index (κ2) is 20.8. The standard InChI is InChI=1S/C85H56/c1-5-23-57(24-6-1)67-48-68(58-25-7-2-8-26-58)51-71(50-67)63-33-19-31-61(45-63)62-32-20-34-64(46-62)73-54-74(66-36-21-35-65(47-66)72-52-69(59-27-9-3-10-28-59)49-70(53-72)60-29-11-4-12-30-60)56-75(55-73)76-40-22-44-83-84(76)79-39-15-18-43-82(79)85(83)80-41-16-13-37-77(80)78-38-14-17-42-81(78)85/h1-56H. The molecule has 0 radical (unpaired) electrons. The van der Waals surface area contributed by atoms with Crippen molar-refractivity contribution in [1.29, 1.82) is 0 Å². The molecule has 0 saturated carbocycles. The third-order valence-electron chi connectivity index (χ3n) is 17.8. The van der Waals surface area contributed by atoms with Crippen molar-refractivity contribution in [2.45, 2.75) is 5.41 Å². The van der Waals surface area contributed by atoms with Crippen LogP contribution in [0.2, 0.25) is 0 Å². The molecule has 0 aliphatic heterocycles. The molecule has 1 spiro atoms. The fraction of sp³-hybridized carbons (Fsp3) is 0.0118. The molecular formula is C85H56. The van der Waals surface area contributed by atoms with Gasteiger partial charge in [-0.1, -0.05) is 267 Å². The summed E-state index contributed by atoms with van der Waals surface area (Å²) in [5.74, 6) is 0. The van der Waals surface area contributed by atoms with Gasteiger partial charge in [0.2, 0.25) is 0 Å². The summed E-state index contributed by atoms with van der Waals surface area (Å²) in [5.41, 5.74) is 33.8. The van der Waals surface area contributed by atoms with Crippen LogP contribution in [0.4, 0.5) is 0 Å². The van der Waals surface area contributed by atoms with Gasteiger partial charge in [0.1, 0.15) is 0 Å². The Labute approximate surface area is 498 Å². The second-order valence-electron chi connectivity index (χ2n) is 22.7. The summed E-state index contributed by atoms with van der Waals surface area (Å²) in [6, 6.07) is 126. The van der Waals surface area contributed by atoms with E-state index in [1.54, 1.807) is 0 Å². The molecule has 0 fully saturated rings. The first-order valence-corrected chi connectivity index (χ1v) is 29.5. The van der Waals surface area contributed by atoms with Gasteiger partial charge in [0, 0.05) is 0 Å². The molecule has 0 saturated heterocycles. The van der Waals surface area contributed by atoms with Crippen LogP contribution < -0.4 is 0 Å². The zero-order chi connectivity index (χ0) is 56.3. The second-order valence-corrected chi connectivity index (χ2v) is 22.7. The molecule has 0 unspecified atom stereocenters. The van der Waals surface area contributed by atoms with E-state index >= 15 is 0 Å². The Morgan fingerprint density at radius 3 is 0.694 bits per heavy atom. The smallest absolute Gasteiger partial charge is 0.0622 e. The van der Waals surface area contributed by atoms with E-state index in [1.165, 1.54) is 134 Å². The van der Waals surface area contributed by atoms with Crippen molar-refractivity contribution in [2.75, 3.05) is 0 Å². The number of hydrogen-bond acceptors (Lipinski definition) is 0. The fourth-order valence-electron chi connectivity index (χ4n) is 13.9. The zero-order valence-electron chi connectivity index (χ0n) is 46.8. The van der Waals surface area contributed by atoms with Crippen molar-refractivity contribution < 1.29 is 0 Å². The largest absolute Gasteiger partial charge is 0.0725 e. The predicted octanol–water partition coefficient (Wildman–Crippen LogP) is 22.7. The normalized spacial score (nSPS) is 12.3. The first kappa shape index (κ1) is 49.9. The van der Waals surface area contributed by atoms with Crippen LogP contribution in [0.5, 0.6) is 0 Å². The Hall–Kier alpha value is -10.9. The lowest BCUT2D eigenvalue weighted by Gasteiger charge is -2.30. The number of benzene rings is 14. The maximum Gasteiger partial charge on any atom is 0.0725 e. The summed E-state index contributed by atoms with van der Waals surface area (Å²) in [6.07, 6.45) is 0. The average Bonchev–Trinajstić information content (AvgIpc) is 1.55. The lowest BCUT2D eigenvalue weighted by molar-refractivity contribution is 0.794. The summed E-state index contributed by atoms with van der Waals surface area (Å²) in [6.45, 7) is 0. The highest BCUT2D eigenvalue weighted by atomic mass is 14.5. The molecule has 0 N–H and O–H groups in total. The van der Waals surface area contributed by atoms with E-state index in [4.69, 9.17) is 0 Å². The molecule has 0 amide bonds. The number of fused-ring (bicyclic) bond motifs is 10. The number of hydrogen-bond donors (Lipinski definition) is 0. The van der Waals surface area contributed by atoms with E-state index in [-0.39, 0.29) is 0 Å². The van der Waals surface area contributed by atoms with Crippen LogP contribution in [0.1, 0.15) is 22.3 Å². The van der Waals surface area contributed by atoms with Gasteiger partial charge in [-0.25, -0.2) is 0 Å². The van der Waals surface area contributed by atoms with Gasteiger partial charge < -0.3 is 0 Å². The molecule has 2 aliphatic carbocycles. The molecule has 14 aromatic rings. The Morgan fingerprint density at radius 2 is 0.341 bits per heavy atom. The molecule has 0 heterocycles. The van der Waals surface area contributed by atoms with Crippen molar-refractivity contribution in [3.8, 4) is 134 Å². The van der Waals surface area contributed by atoms with Crippen molar-refractivity contribution in [2.24, 2.45) is 0 Å². The van der Waals surface area contributed by atoms with Crippen LogP contribution in [-0.2, 0) is 5.41 Å². The summed E-state index contributed by atoms with van der Waals surface area (Å²) in [5, 5.41) is 0. The van der Waals surface area contributed by atoms with Gasteiger partial charge in [0.05, 0.1) is 5.41 Å². The quantitative estimate of drug-likeness (QED) is 0.128. The van der Waals surface area contributed by atoms with Gasteiger partial charge in [-0.2, -0.15) is 0 Å². The lowest BCUT2D eigenvalue weighted by Crippen LogP contribution is -2.25. The molecule has 0 bridgehead atoms. The maximum atomic E-state index is 2.44. The van der Waals surface area contributed by atoms with Gasteiger partial charge in [-0.05, 0) is 229 Å². The number of rotatable bonds is 10. The van der Waals surface area contributed by atoms with Crippen LogP contribution in [0.25, 0.3) is 134 Å². The summed E-state index contributed by atoms with van der Waals surface area (Å²) in [4.78, 5) is 0.